The van der Waals surface area contributed by atoms with Crippen LogP contribution in [0, 0.1) is 0 Å². The number of hydrogen-bond acceptors (Lipinski definition) is 1. The Balaban J connectivity index is 1.01. The van der Waals surface area contributed by atoms with Crippen molar-refractivity contribution < 1.29 is 0 Å². The Bertz CT molecular complexity index is 3380. The second-order valence-corrected chi connectivity index (χ2v) is 15.1. The molecule has 0 saturated carbocycles. The summed E-state index contributed by atoms with van der Waals surface area (Å²) in [5.41, 5.74) is 12.1. The zero-order valence-electron chi connectivity index (χ0n) is 29.1. The lowest BCUT2D eigenvalue weighted by molar-refractivity contribution is 1.17. The van der Waals surface area contributed by atoms with Crippen LogP contribution in [0.5, 0.6) is 0 Å². The van der Waals surface area contributed by atoms with E-state index in [4.69, 9.17) is 0 Å². The summed E-state index contributed by atoms with van der Waals surface area (Å²) in [6, 6.07) is 68.7. The molecular formula is C50H31N3S. The number of benzene rings is 8. The van der Waals surface area contributed by atoms with Gasteiger partial charge in [-0.2, -0.15) is 0 Å². The van der Waals surface area contributed by atoms with Gasteiger partial charge in [-0.3, -0.25) is 0 Å². The first-order chi connectivity index (χ1) is 26.8. The van der Waals surface area contributed by atoms with Gasteiger partial charge in [-0.1, -0.05) is 121 Å². The number of hydrogen-bond donors (Lipinski definition) is 0. The zero-order chi connectivity index (χ0) is 35.3. The van der Waals surface area contributed by atoms with Crippen molar-refractivity contribution in [1.82, 2.24) is 13.7 Å². The molecule has 54 heavy (non-hydrogen) atoms. The van der Waals surface area contributed by atoms with Gasteiger partial charge in [0.05, 0.1) is 27.6 Å². The van der Waals surface area contributed by atoms with E-state index in [9.17, 15) is 0 Å². The summed E-state index contributed by atoms with van der Waals surface area (Å²) >= 11 is 1.89. The van der Waals surface area contributed by atoms with Crippen LogP contribution in [-0.2, 0) is 0 Å². The molecule has 0 atom stereocenters. The maximum absolute atomic E-state index is 2.43. The average Bonchev–Trinajstić information content (AvgIpc) is 3.97. The van der Waals surface area contributed by atoms with Crippen molar-refractivity contribution in [3.63, 3.8) is 0 Å². The molecule has 0 aliphatic heterocycles. The van der Waals surface area contributed by atoms with E-state index in [1.165, 1.54) is 97.3 Å². The molecule has 4 aromatic heterocycles. The summed E-state index contributed by atoms with van der Waals surface area (Å²) in [6.45, 7) is 0. The molecule has 0 radical (unpaired) electrons. The monoisotopic (exact) mass is 705 g/mol. The van der Waals surface area contributed by atoms with E-state index in [2.05, 4.69) is 202 Å². The smallest absolute Gasteiger partial charge is 0.109 e. The molecule has 0 spiro atoms. The van der Waals surface area contributed by atoms with Crippen LogP contribution in [0.1, 0.15) is 0 Å². The molecule has 12 rings (SSSR count). The number of para-hydroxylation sites is 5. The van der Waals surface area contributed by atoms with E-state index in [1.54, 1.807) is 0 Å². The maximum atomic E-state index is 2.43. The molecule has 252 valence electrons. The molecule has 0 bridgehead atoms. The molecule has 3 nitrogen and oxygen atoms in total. The largest absolute Gasteiger partial charge is 0.309 e. The van der Waals surface area contributed by atoms with Crippen molar-refractivity contribution >= 4 is 86.2 Å². The Labute approximate surface area is 314 Å². The minimum Gasteiger partial charge on any atom is -0.309 e. The third-order valence-corrected chi connectivity index (χ3v) is 12.5. The summed E-state index contributed by atoms with van der Waals surface area (Å²) in [4.78, 5) is 1.28. The molecule has 0 unspecified atom stereocenters. The first kappa shape index (κ1) is 29.7. The Morgan fingerprint density at radius 3 is 1.46 bits per heavy atom. The zero-order valence-corrected chi connectivity index (χ0v) is 30.0. The average molecular weight is 706 g/mol. The van der Waals surface area contributed by atoms with Crippen LogP contribution < -0.4 is 0 Å². The lowest BCUT2D eigenvalue weighted by Crippen LogP contribution is -1.95. The third kappa shape index (κ3) is 4.11. The lowest BCUT2D eigenvalue weighted by Gasteiger charge is -2.11. The number of aromatic nitrogens is 3. The summed E-state index contributed by atoms with van der Waals surface area (Å²) in [5, 5.41) is 8.98. The van der Waals surface area contributed by atoms with Crippen LogP contribution in [0.2, 0.25) is 0 Å². The van der Waals surface area contributed by atoms with Gasteiger partial charge < -0.3 is 13.7 Å². The highest BCUT2D eigenvalue weighted by Gasteiger charge is 2.20. The summed E-state index contributed by atoms with van der Waals surface area (Å²) in [7, 11) is 0. The predicted molar refractivity (Wildman–Crippen MR) is 230 cm³/mol. The molecule has 4 heterocycles. The van der Waals surface area contributed by atoms with Crippen molar-refractivity contribution in [3.8, 4) is 28.2 Å². The highest BCUT2D eigenvalue weighted by molar-refractivity contribution is 7.26. The fourth-order valence-corrected chi connectivity index (χ4v) is 10.3. The van der Waals surface area contributed by atoms with Gasteiger partial charge in [0.2, 0.25) is 0 Å². The number of fused-ring (bicyclic) bond motifs is 11. The van der Waals surface area contributed by atoms with E-state index < -0.39 is 0 Å². The van der Waals surface area contributed by atoms with Gasteiger partial charge in [0.25, 0.3) is 0 Å². The van der Waals surface area contributed by atoms with E-state index >= 15 is 0 Å². The van der Waals surface area contributed by atoms with Crippen molar-refractivity contribution in [2.24, 2.45) is 0 Å². The molecule has 0 aliphatic rings. The molecule has 0 fully saturated rings. The molecule has 0 amide bonds. The van der Waals surface area contributed by atoms with Crippen LogP contribution in [0.3, 0.4) is 0 Å². The molecule has 0 N–H and O–H groups in total. The SMILES string of the molecule is c1ccc(-n2c3ccccc3c3c4cccc(-c5ccc(-n6c7ccccc7c7cc(-n8c9ccccc9c9ccccc98)ccc76)cc5)c4sc32)cc1. The van der Waals surface area contributed by atoms with Gasteiger partial charge >= 0.3 is 0 Å². The maximum Gasteiger partial charge on any atom is 0.109 e. The van der Waals surface area contributed by atoms with Gasteiger partial charge in [-0.15, -0.1) is 11.3 Å². The van der Waals surface area contributed by atoms with Crippen molar-refractivity contribution in [3.05, 3.63) is 188 Å². The number of nitrogens with zero attached hydrogens (tertiary/aromatic N) is 3. The first-order valence-electron chi connectivity index (χ1n) is 18.4. The molecule has 8 aromatic carbocycles. The van der Waals surface area contributed by atoms with Crippen molar-refractivity contribution in [1.29, 1.82) is 0 Å². The topological polar surface area (TPSA) is 14.8 Å². The lowest BCUT2D eigenvalue weighted by atomic mass is 10.0. The highest BCUT2D eigenvalue weighted by atomic mass is 32.1. The van der Waals surface area contributed by atoms with Crippen LogP contribution in [0.15, 0.2) is 188 Å². The third-order valence-electron chi connectivity index (χ3n) is 11.3. The molecule has 0 aliphatic carbocycles. The van der Waals surface area contributed by atoms with Gasteiger partial charge in [-0.25, -0.2) is 0 Å². The summed E-state index contributed by atoms with van der Waals surface area (Å²) < 4.78 is 8.57. The van der Waals surface area contributed by atoms with Crippen LogP contribution in [0.4, 0.5) is 0 Å². The molecular weight excluding hydrogens is 675 g/mol. The standard InChI is InChI=1S/C50H31N3S/c1-2-13-33(14-3-1)53-46-24-11-7-18-40(46)48-41-20-12-19-36(49(41)54-50(48)53)32-25-27-34(28-26-32)51-45-23-10-6-17-39(45)42-31-35(29-30-47(42)51)52-43-21-8-4-15-37(43)38-16-5-9-22-44(38)52/h1-31H. The van der Waals surface area contributed by atoms with Crippen LogP contribution in [-0.4, -0.2) is 13.7 Å². The van der Waals surface area contributed by atoms with E-state index in [0.717, 1.165) is 5.69 Å². The Morgan fingerprint density at radius 1 is 0.315 bits per heavy atom. The molecule has 0 saturated heterocycles. The van der Waals surface area contributed by atoms with Crippen molar-refractivity contribution in [2.45, 2.75) is 0 Å². The summed E-state index contributed by atoms with van der Waals surface area (Å²) in [6.07, 6.45) is 0. The fraction of sp³-hybridized carbons (Fsp3) is 0. The fourth-order valence-electron chi connectivity index (χ4n) is 8.94. The molecule has 4 heteroatoms. The van der Waals surface area contributed by atoms with Gasteiger partial charge in [0.15, 0.2) is 0 Å². The second-order valence-electron chi connectivity index (χ2n) is 14.1. The van der Waals surface area contributed by atoms with Crippen molar-refractivity contribution in [2.75, 3.05) is 0 Å². The minimum absolute atomic E-state index is 1.15. The summed E-state index contributed by atoms with van der Waals surface area (Å²) in [5.74, 6) is 0. The minimum atomic E-state index is 1.15. The van der Waals surface area contributed by atoms with E-state index in [-0.39, 0.29) is 0 Å². The molecule has 12 aromatic rings. The normalized spacial score (nSPS) is 12.1. The Kier molecular flexibility index (Phi) is 6.21. The van der Waals surface area contributed by atoms with Gasteiger partial charge in [-0.05, 0) is 77.9 Å². The van der Waals surface area contributed by atoms with Crippen LogP contribution in [0.25, 0.3) is 103 Å². The Hall–Kier alpha value is -6.88. The van der Waals surface area contributed by atoms with E-state index in [1.807, 2.05) is 11.3 Å². The predicted octanol–water partition coefficient (Wildman–Crippen LogP) is 13.9. The highest BCUT2D eigenvalue weighted by Crippen LogP contribution is 2.46. The van der Waals surface area contributed by atoms with Crippen LogP contribution >= 0.6 is 11.3 Å². The first-order valence-corrected chi connectivity index (χ1v) is 19.3. The van der Waals surface area contributed by atoms with Gasteiger partial charge in [0, 0.05) is 59.5 Å². The Morgan fingerprint density at radius 2 is 0.796 bits per heavy atom. The second kappa shape index (κ2) is 11.3. The van der Waals surface area contributed by atoms with E-state index in [0.29, 0.717) is 0 Å². The quantitative estimate of drug-likeness (QED) is 0.173. The van der Waals surface area contributed by atoms with Gasteiger partial charge in [0.1, 0.15) is 4.83 Å². The number of rotatable bonds is 4. The number of thiophene rings is 1.